The third-order valence-electron chi connectivity index (χ3n) is 9.70. The highest BCUT2D eigenvalue weighted by Gasteiger charge is 2.45. The Morgan fingerprint density at radius 1 is 0.936 bits per heavy atom. The third kappa shape index (κ3) is 7.47. The summed E-state index contributed by atoms with van der Waals surface area (Å²) in [6.07, 6.45) is 2.45. The highest BCUT2D eigenvalue weighted by Crippen LogP contribution is 2.45. The minimum absolute atomic E-state index is 0.0166. The van der Waals surface area contributed by atoms with E-state index in [1.54, 1.807) is 24.0 Å². The molecule has 15 nitrogen and oxygen atoms in total. The Hall–Kier alpha value is -4.34. The summed E-state index contributed by atoms with van der Waals surface area (Å²) in [5, 5.41) is 31.3. The molecule has 2 aromatic rings. The van der Waals surface area contributed by atoms with Gasteiger partial charge in [0.15, 0.2) is 0 Å². The summed E-state index contributed by atoms with van der Waals surface area (Å²) in [6.45, 7) is 3.96. The number of carbonyl (C=O) groups excluding carboxylic acids is 5. The van der Waals surface area contributed by atoms with Crippen LogP contribution in [0.25, 0.3) is 0 Å². The number of alkyl halides is 1. The van der Waals surface area contributed by atoms with Gasteiger partial charge in [0, 0.05) is 43.2 Å². The smallest absolute Gasteiger partial charge is 0.274 e. The molecule has 6 N–H and O–H groups in total. The summed E-state index contributed by atoms with van der Waals surface area (Å²) in [5.41, 5.74) is 1.72. The molecule has 16 heteroatoms. The topological polar surface area (TPSA) is 206 Å². The predicted octanol–water partition coefficient (Wildman–Crippen LogP) is 0.152. The number of aromatic amines is 2. The molecule has 2 aliphatic heterocycles. The van der Waals surface area contributed by atoms with Crippen molar-refractivity contribution in [2.45, 2.75) is 76.2 Å². The first-order valence-electron chi connectivity index (χ1n) is 16.3. The number of halogens is 1. The second kappa shape index (κ2) is 13.4. The normalized spacial score (nSPS) is 26.5. The lowest BCUT2D eigenvalue weighted by Gasteiger charge is -2.16. The largest absolute Gasteiger partial charge is 0.387 e. The fourth-order valence-electron chi connectivity index (χ4n) is 6.55. The SMILES string of the molecule is CC(CC1CC1C(=O)NC1CCN(C(=O)c2cc(C(C)NC(=O)CO)[nH]n2)C1)c1cc(C(=O)N2C[C@H](NC(=O)C3CC3)[C@@H](F)C2)n[nH]1. The summed E-state index contributed by atoms with van der Waals surface area (Å²) in [6, 6.07) is 1.94. The molecule has 0 radical (unpaired) electrons. The Balaban J connectivity index is 0.930. The van der Waals surface area contributed by atoms with Gasteiger partial charge < -0.3 is 30.9 Å². The molecule has 6 rings (SSSR count). The molecule has 47 heavy (non-hydrogen) atoms. The summed E-state index contributed by atoms with van der Waals surface area (Å²) in [4.78, 5) is 65.6. The second-order valence-electron chi connectivity index (χ2n) is 13.5. The van der Waals surface area contributed by atoms with Gasteiger partial charge in [-0.2, -0.15) is 10.2 Å². The molecule has 0 spiro atoms. The summed E-state index contributed by atoms with van der Waals surface area (Å²) >= 11 is 0. The van der Waals surface area contributed by atoms with Crippen LogP contribution >= 0.6 is 0 Å². The van der Waals surface area contributed by atoms with Crippen molar-refractivity contribution >= 4 is 29.5 Å². The van der Waals surface area contributed by atoms with E-state index in [9.17, 15) is 28.4 Å². The fraction of sp³-hybridized carbons (Fsp3) is 0.645. The number of hydrogen-bond acceptors (Lipinski definition) is 8. The molecular formula is C31H42FN9O6. The zero-order valence-corrected chi connectivity index (χ0v) is 26.5. The van der Waals surface area contributed by atoms with Crippen LogP contribution < -0.4 is 16.0 Å². The highest BCUT2D eigenvalue weighted by molar-refractivity contribution is 5.93. The molecule has 4 aliphatic rings. The minimum atomic E-state index is -1.32. The van der Waals surface area contributed by atoms with Gasteiger partial charge in [-0.05, 0) is 63.0 Å². The van der Waals surface area contributed by atoms with Crippen LogP contribution in [0.1, 0.15) is 90.3 Å². The molecular weight excluding hydrogens is 613 g/mol. The van der Waals surface area contributed by atoms with E-state index < -0.39 is 30.8 Å². The number of H-pyrrole nitrogens is 2. The van der Waals surface area contributed by atoms with E-state index in [0.717, 1.165) is 31.4 Å². The standard InChI is InChI=1S/C31H42FN9O6/c1-15(22-9-24(38-36-22)31(47)41-12-21(32)26(13-41)35-28(44)17-3-4-17)7-18-8-20(18)29(45)34-19-5-6-40(11-19)30(46)25-10-23(37-39-25)16(2)33-27(43)14-42/h9-10,15-21,26,42H,3-8,11-14H2,1-2H3,(H,33,43)(H,34,45)(H,35,44)(H,36,38)(H,37,39)/t15?,16?,18?,19?,20?,21-,26-/m0/s1. The molecule has 5 unspecified atom stereocenters. The van der Waals surface area contributed by atoms with Gasteiger partial charge in [0.2, 0.25) is 17.7 Å². The maximum atomic E-state index is 14.6. The number of aliphatic hydroxyl groups is 1. The van der Waals surface area contributed by atoms with E-state index in [2.05, 4.69) is 36.3 Å². The van der Waals surface area contributed by atoms with E-state index in [1.165, 1.54) is 4.90 Å². The Bertz CT molecular complexity index is 1520. The van der Waals surface area contributed by atoms with E-state index in [1.807, 2.05) is 6.92 Å². The number of likely N-dealkylation sites (tertiary alicyclic amines) is 2. The van der Waals surface area contributed by atoms with E-state index in [0.29, 0.717) is 25.2 Å². The summed E-state index contributed by atoms with van der Waals surface area (Å²) in [7, 11) is 0. The van der Waals surface area contributed by atoms with E-state index in [4.69, 9.17) is 5.11 Å². The first-order valence-corrected chi connectivity index (χ1v) is 16.3. The van der Waals surface area contributed by atoms with Crippen LogP contribution in [0.2, 0.25) is 0 Å². The third-order valence-corrected chi connectivity index (χ3v) is 9.70. The Kier molecular flexibility index (Phi) is 9.30. The van der Waals surface area contributed by atoms with Gasteiger partial charge in [0.05, 0.1) is 24.3 Å². The number of rotatable bonds is 12. The lowest BCUT2D eigenvalue weighted by atomic mass is 9.99. The number of aromatic nitrogens is 4. The van der Waals surface area contributed by atoms with Crippen LogP contribution in [0.4, 0.5) is 4.39 Å². The van der Waals surface area contributed by atoms with E-state index in [-0.39, 0.29) is 77.8 Å². The number of amides is 5. The average Bonchev–Trinajstić information content (AvgIpc) is 3.75. The first-order chi connectivity index (χ1) is 22.5. The lowest BCUT2D eigenvalue weighted by Crippen LogP contribution is -2.42. The van der Waals surface area contributed by atoms with Crippen molar-refractivity contribution in [3.63, 3.8) is 0 Å². The van der Waals surface area contributed by atoms with Crippen molar-refractivity contribution in [2.75, 3.05) is 32.8 Å². The van der Waals surface area contributed by atoms with Crippen LogP contribution in [0.3, 0.4) is 0 Å². The molecule has 4 heterocycles. The average molecular weight is 656 g/mol. The van der Waals surface area contributed by atoms with Crippen molar-refractivity contribution in [1.29, 1.82) is 0 Å². The zero-order valence-electron chi connectivity index (χ0n) is 26.5. The zero-order chi connectivity index (χ0) is 33.4. The van der Waals surface area contributed by atoms with Gasteiger partial charge in [-0.25, -0.2) is 4.39 Å². The molecule has 2 saturated heterocycles. The molecule has 0 aromatic carbocycles. The number of carbonyl (C=O) groups is 5. The fourth-order valence-corrected chi connectivity index (χ4v) is 6.55. The molecule has 7 atom stereocenters. The molecule has 5 amide bonds. The highest BCUT2D eigenvalue weighted by atomic mass is 19.1. The van der Waals surface area contributed by atoms with Crippen molar-refractivity contribution in [3.05, 3.63) is 34.9 Å². The molecule has 4 fully saturated rings. The molecule has 2 aromatic heterocycles. The summed E-state index contributed by atoms with van der Waals surface area (Å²) in [5.74, 6) is -1.31. The van der Waals surface area contributed by atoms with Gasteiger partial charge >= 0.3 is 0 Å². The first kappa shape index (κ1) is 32.6. The van der Waals surface area contributed by atoms with Crippen LogP contribution in [0.15, 0.2) is 12.1 Å². The summed E-state index contributed by atoms with van der Waals surface area (Å²) < 4.78 is 14.6. The van der Waals surface area contributed by atoms with Gasteiger partial charge in [-0.1, -0.05) is 6.92 Å². The van der Waals surface area contributed by atoms with Crippen molar-refractivity contribution in [2.24, 2.45) is 17.8 Å². The van der Waals surface area contributed by atoms with Crippen LogP contribution in [0.5, 0.6) is 0 Å². The van der Waals surface area contributed by atoms with Gasteiger partial charge in [0.25, 0.3) is 11.8 Å². The van der Waals surface area contributed by atoms with Gasteiger partial charge in [-0.15, -0.1) is 0 Å². The van der Waals surface area contributed by atoms with Crippen molar-refractivity contribution in [1.82, 2.24) is 46.1 Å². The number of hydrogen-bond donors (Lipinski definition) is 6. The number of nitrogens with zero attached hydrogens (tertiary/aromatic N) is 4. The second-order valence-corrected chi connectivity index (χ2v) is 13.5. The maximum Gasteiger partial charge on any atom is 0.274 e. The molecule has 2 saturated carbocycles. The molecule has 0 bridgehead atoms. The predicted molar refractivity (Wildman–Crippen MR) is 163 cm³/mol. The van der Waals surface area contributed by atoms with Crippen LogP contribution in [-0.2, 0) is 14.4 Å². The van der Waals surface area contributed by atoms with E-state index >= 15 is 0 Å². The van der Waals surface area contributed by atoms with Gasteiger partial charge in [-0.3, -0.25) is 34.2 Å². The molecule has 254 valence electrons. The quantitative estimate of drug-likeness (QED) is 0.185. The minimum Gasteiger partial charge on any atom is -0.387 e. The monoisotopic (exact) mass is 655 g/mol. The maximum absolute atomic E-state index is 14.6. The number of nitrogens with one attached hydrogen (secondary N) is 5. The van der Waals surface area contributed by atoms with Crippen molar-refractivity contribution < 1.29 is 33.5 Å². The number of aliphatic hydroxyl groups excluding tert-OH is 1. The Morgan fingerprint density at radius 2 is 1.62 bits per heavy atom. The molecule has 2 aliphatic carbocycles. The lowest BCUT2D eigenvalue weighted by molar-refractivity contribution is -0.124. The van der Waals surface area contributed by atoms with Crippen LogP contribution in [-0.4, -0.2) is 116 Å². The Labute approximate surface area is 270 Å². The Morgan fingerprint density at radius 3 is 2.32 bits per heavy atom. The van der Waals surface area contributed by atoms with Crippen LogP contribution in [0, 0.1) is 17.8 Å². The van der Waals surface area contributed by atoms with Gasteiger partial charge in [0.1, 0.15) is 24.2 Å². The van der Waals surface area contributed by atoms with Crippen molar-refractivity contribution in [3.8, 4) is 0 Å².